The molecule has 2 aliphatic carbocycles. The van der Waals surface area contributed by atoms with Crippen molar-refractivity contribution in [1.82, 2.24) is 0 Å². The van der Waals surface area contributed by atoms with Crippen molar-refractivity contribution in [2.24, 2.45) is 21.7 Å². The van der Waals surface area contributed by atoms with E-state index < -0.39 is 6.10 Å². The topological polar surface area (TPSA) is 32.6 Å². The van der Waals surface area contributed by atoms with Crippen molar-refractivity contribution in [2.75, 3.05) is 0 Å². The fourth-order valence-corrected chi connectivity index (χ4v) is 4.57. The summed E-state index contributed by atoms with van der Waals surface area (Å²) in [6, 6.07) is 0. The van der Waals surface area contributed by atoms with Crippen LogP contribution in [-0.4, -0.2) is 21.2 Å². The van der Waals surface area contributed by atoms with Crippen LogP contribution in [0.25, 0.3) is 0 Å². The second-order valence-corrected chi connectivity index (χ2v) is 8.46. The molecule has 2 rings (SSSR count). The number of rotatable bonds is 2. The van der Waals surface area contributed by atoms with E-state index in [0.29, 0.717) is 5.92 Å². The predicted octanol–water partition coefficient (Wildman–Crippen LogP) is 5.07. The molecule has 0 unspecified atom stereocenters. The number of halogens is 3. The molecular weight excluding hydrogens is 329 g/mol. The van der Waals surface area contributed by atoms with Gasteiger partial charge in [0.25, 0.3) is 0 Å². The van der Waals surface area contributed by atoms with Crippen molar-refractivity contribution in [3.8, 4) is 0 Å². The molecule has 0 spiro atoms. The summed E-state index contributed by atoms with van der Waals surface area (Å²) < 4.78 is 0.00551. The highest BCUT2D eigenvalue weighted by molar-refractivity contribution is 6.95. The summed E-state index contributed by atoms with van der Waals surface area (Å²) in [6.07, 6.45) is 7.97. The number of aliphatic hydroxyl groups is 1. The minimum Gasteiger partial charge on any atom is -0.392 e. The zero-order valence-corrected chi connectivity index (χ0v) is 14.9. The van der Waals surface area contributed by atoms with Crippen molar-refractivity contribution < 1.29 is 5.11 Å². The fourth-order valence-electron chi connectivity index (χ4n) is 4.22. The maximum Gasteiger partial charge on any atom is 0.196 e. The first-order valence-corrected chi connectivity index (χ1v) is 8.42. The first kappa shape index (κ1) is 17.3. The molecule has 0 aliphatic heterocycles. The van der Waals surface area contributed by atoms with Gasteiger partial charge in [-0.1, -0.05) is 26.8 Å². The Bertz CT molecular complexity index is 494. The summed E-state index contributed by atoms with van der Waals surface area (Å²) in [5.41, 5.74) is 1.18. The monoisotopic (exact) mass is 349 g/mol. The first-order chi connectivity index (χ1) is 9.67. The molecule has 0 radical (unpaired) electrons. The van der Waals surface area contributed by atoms with Crippen molar-refractivity contribution in [2.45, 2.75) is 51.5 Å². The third-order valence-corrected chi connectivity index (χ3v) is 6.20. The highest BCUT2D eigenvalue weighted by Crippen LogP contribution is 2.58. The third kappa shape index (κ3) is 3.50. The van der Waals surface area contributed by atoms with E-state index >= 15 is 0 Å². The summed E-state index contributed by atoms with van der Waals surface area (Å²) in [7, 11) is 0. The average molecular weight is 351 g/mol. The van der Waals surface area contributed by atoms with E-state index in [0.717, 1.165) is 19.3 Å². The molecule has 118 valence electrons. The van der Waals surface area contributed by atoms with E-state index in [-0.39, 0.29) is 20.8 Å². The molecule has 2 aliphatic rings. The van der Waals surface area contributed by atoms with Gasteiger partial charge in [0.05, 0.1) is 11.5 Å². The summed E-state index contributed by atoms with van der Waals surface area (Å²) in [5, 5.41) is 10.1. The van der Waals surface area contributed by atoms with E-state index in [1.807, 2.05) is 6.08 Å². The maximum absolute atomic E-state index is 10.3. The van der Waals surface area contributed by atoms with E-state index in [4.69, 9.17) is 34.8 Å². The normalized spacial score (nSPS) is 38.8. The average Bonchev–Trinajstić information content (AvgIpc) is 2.35. The Hall–Kier alpha value is -0.0200. The molecule has 21 heavy (non-hydrogen) atoms. The van der Waals surface area contributed by atoms with Gasteiger partial charge < -0.3 is 5.11 Å². The van der Waals surface area contributed by atoms with E-state index in [2.05, 4.69) is 31.8 Å². The van der Waals surface area contributed by atoms with Gasteiger partial charge in [0.2, 0.25) is 0 Å². The number of hydrogen-bond donors (Lipinski definition) is 1. The number of nitrogens with zero attached hydrogens (tertiary/aromatic N) is 1. The van der Waals surface area contributed by atoms with Crippen LogP contribution in [-0.2, 0) is 0 Å². The predicted molar refractivity (Wildman–Crippen MR) is 91.2 cm³/mol. The van der Waals surface area contributed by atoms with E-state index in [1.54, 1.807) is 6.20 Å². The summed E-state index contributed by atoms with van der Waals surface area (Å²) in [5.74, 6) is 0.466. The lowest BCUT2D eigenvalue weighted by molar-refractivity contribution is -0.0656. The minimum absolute atomic E-state index is 0.00551. The SMILES string of the molecule is CC1(C)[C@@H](Cl)[C@@H](O)C[C@]2(C)CC(/C=C\N=C(Cl)Cl)=CC[C@@H]12. The Morgan fingerprint density at radius 1 is 1.38 bits per heavy atom. The van der Waals surface area contributed by atoms with Gasteiger partial charge in [-0.3, -0.25) is 0 Å². The van der Waals surface area contributed by atoms with Crippen molar-refractivity contribution in [3.05, 3.63) is 23.9 Å². The molecule has 0 saturated heterocycles. The Kier molecular flexibility index (Phi) is 5.15. The molecule has 4 atom stereocenters. The summed E-state index contributed by atoms with van der Waals surface area (Å²) in [4.78, 5) is 3.86. The van der Waals surface area contributed by atoms with Gasteiger partial charge in [-0.2, -0.15) is 0 Å². The maximum atomic E-state index is 10.3. The lowest BCUT2D eigenvalue weighted by Crippen LogP contribution is -2.55. The molecular formula is C16H22Cl3NO. The van der Waals surface area contributed by atoms with Crippen LogP contribution in [0.4, 0.5) is 0 Å². The molecule has 0 heterocycles. The summed E-state index contributed by atoms with van der Waals surface area (Å²) >= 11 is 17.5. The second kappa shape index (κ2) is 6.23. The number of aliphatic imine (C=N–C) groups is 1. The van der Waals surface area contributed by atoms with Gasteiger partial charge >= 0.3 is 0 Å². The van der Waals surface area contributed by atoms with Crippen LogP contribution >= 0.6 is 34.8 Å². The van der Waals surface area contributed by atoms with E-state index in [9.17, 15) is 5.11 Å². The van der Waals surface area contributed by atoms with Crippen molar-refractivity contribution in [3.63, 3.8) is 0 Å². The molecule has 0 aromatic rings. The Morgan fingerprint density at radius 3 is 2.67 bits per heavy atom. The molecule has 0 bridgehead atoms. The zero-order valence-electron chi connectivity index (χ0n) is 12.6. The third-order valence-electron chi connectivity index (χ3n) is 5.15. The molecule has 0 amide bonds. The fraction of sp³-hybridized carbons (Fsp3) is 0.688. The second-order valence-electron chi connectivity index (χ2n) is 7.08. The molecule has 1 fully saturated rings. The first-order valence-electron chi connectivity index (χ1n) is 7.23. The molecule has 0 aromatic carbocycles. The van der Waals surface area contributed by atoms with Gasteiger partial charge in [0.15, 0.2) is 4.63 Å². The van der Waals surface area contributed by atoms with Crippen LogP contribution in [0.1, 0.15) is 40.0 Å². The molecule has 5 heteroatoms. The van der Waals surface area contributed by atoms with Gasteiger partial charge in [0, 0.05) is 6.20 Å². The Morgan fingerprint density at radius 2 is 2.05 bits per heavy atom. The van der Waals surface area contributed by atoms with Crippen LogP contribution in [0.3, 0.4) is 0 Å². The van der Waals surface area contributed by atoms with Crippen molar-refractivity contribution >= 4 is 39.4 Å². The molecule has 0 aromatic heterocycles. The lowest BCUT2D eigenvalue weighted by Gasteiger charge is -2.56. The van der Waals surface area contributed by atoms with Crippen LogP contribution < -0.4 is 0 Å². The number of aliphatic hydroxyl groups excluding tert-OH is 1. The van der Waals surface area contributed by atoms with Gasteiger partial charge in [-0.15, -0.1) is 11.6 Å². The van der Waals surface area contributed by atoms with E-state index in [1.165, 1.54) is 5.57 Å². The zero-order chi connectivity index (χ0) is 15.8. The van der Waals surface area contributed by atoms with Crippen LogP contribution in [0, 0.1) is 16.7 Å². The molecule has 1 saturated carbocycles. The number of hydrogen-bond acceptors (Lipinski definition) is 2. The minimum atomic E-state index is -0.457. The van der Waals surface area contributed by atoms with Gasteiger partial charge in [-0.05, 0) is 70.9 Å². The molecule has 1 N–H and O–H groups in total. The highest BCUT2D eigenvalue weighted by atomic mass is 35.5. The smallest absolute Gasteiger partial charge is 0.196 e. The van der Waals surface area contributed by atoms with Gasteiger partial charge in [0.1, 0.15) is 0 Å². The largest absolute Gasteiger partial charge is 0.392 e. The quantitative estimate of drug-likeness (QED) is 0.547. The number of alkyl halides is 1. The summed E-state index contributed by atoms with van der Waals surface area (Å²) in [6.45, 7) is 6.59. The highest BCUT2D eigenvalue weighted by Gasteiger charge is 2.54. The van der Waals surface area contributed by atoms with Crippen molar-refractivity contribution in [1.29, 1.82) is 0 Å². The number of allylic oxidation sites excluding steroid dienone is 3. The Balaban J connectivity index is 2.24. The van der Waals surface area contributed by atoms with Crippen LogP contribution in [0.15, 0.2) is 28.9 Å². The standard InChI is InChI=1S/C16H22Cl3NO/c1-15(2)12-5-4-10(6-7-20-14(18)19)8-16(12,3)9-11(21)13(15)17/h4,6-7,11-13,21H,5,8-9H2,1-3H3/b7-6-/t11-,12-,13-,16-/m0/s1. The van der Waals surface area contributed by atoms with Crippen LogP contribution in [0.5, 0.6) is 0 Å². The van der Waals surface area contributed by atoms with Gasteiger partial charge in [-0.25, -0.2) is 4.99 Å². The van der Waals surface area contributed by atoms with Crippen LogP contribution in [0.2, 0.25) is 0 Å². The molecule has 2 nitrogen and oxygen atoms in total. The number of fused-ring (bicyclic) bond motifs is 1. The lowest BCUT2D eigenvalue weighted by atomic mass is 9.51. The Labute approximate surface area is 141 Å².